The van der Waals surface area contributed by atoms with E-state index in [1.54, 1.807) is 6.92 Å². The highest BCUT2D eigenvalue weighted by atomic mass is 35.5. The molecule has 1 atom stereocenters. The van der Waals surface area contributed by atoms with Gasteiger partial charge in [0.2, 0.25) is 15.9 Å². The van der Waals surface area contributed by atoms with Gasteiger partial charge in [0.05, 0.1) is 0 Å². The molecule has 2 rings (SSSR count). The van der Waals surface area contributed by atoms with Crippen LogP contribution in [0.2, 0.25) is 0 Å². The first kappa shape index (κ1) is 23.3. The molecule has 0 spiro atoms. The highest BCUT2D eigenvalue weighted by molar-refractivity contribution is 7.94. The molecule has 1 amide bonds. The van der Waals surface area contributed by atoms with Gasteiger partial charge in [0.25, 0.3) is 10.0 Å². The molecule has 9 nitrogen and oxygen atoms in total. The molecule has 0 saturated heterocycles. The number of sulfonamides is 2. The minimum absolute atomic E-state index is 0. The average Bonchev–Trinajstić information content (AvgIpc) is 2.96. The fraction of sp³-hybridized carbons (Fsp3) is 0.615. The molecule has 0 aliphatic carbocycles. The second kappa shape index (κ2) is 8.95. The van der Waals surface area contributed by atoms with Crippen LogP contribution < -0.4 is 15.8 Å². The van der Waals surface area contributed by atoms with E-state index in [1.807, 2.05) is 6.92 Å². The summed E-state index contributed by atoms with van der Waals surface area (Å²) in [6, 6.07) is 0.964. The van der Waals surface area contributed by atoms with Crippen molar-refractivity contribution in [2.75, 3.05) is 26.2 Å². The van der Waals surface area contributed by atoms with Gasteiger partial charge in [-0.3, -0.25) is 4.79 Å². The predicted octanol–water partition coefficient (Wildman–Crippen LogP) is -0.00160. The lowest BCUT2D eigenvalue weighted by atomic mass is 10.1. The molecule has 0 saturated carbocycles. The number of fused-ring (bicyclic) bond motifs is 1. The molecule has 150 valence electrons. The van der Waals surface area contributed by atoms with Crippen molar-refractivity contribution in [2.45, 2.75) is 34.7 Å². The SMILES string of the molecule is CCNC(=O)CCN1C[C@H](NCC)c2cc(S(N)(=O)=O)sc2S1(=O)=O.Cl. The van der Waals surface area contributed by atoms with Gasteiger partial charge in [-0.25, -0.2) is 22.0 Å². The third-order valence-electron chi connectivity index (χ3n) is 3.73. The van der Waals surface area contributed by atoms with E-state index < -0.39 is 20.0 Å². The normalized spacial score (nSPS) is 19.4. The summed E-state index contributed by atoms with van der Waals surface area (Å²) in [5.74, 6) is -0.236. The average molecular weight is 447 g/mol. The molecular weight excluding hydrogens is 424 g/mol. The van der Waals surface area contributed by atoms with Crippen LogP contribution in [0.4, 0.5) is 0 Å². The van der Waals surface area contributed by atoms with Crippen molar-refractivity contribution in [3.05, 3.63) is 11.6 Å². The highest BCUT2D eigenvalue weighted by Crippen LogP contribution is 2.39. The second-order valence-corrected chi connectivity index (χ2v) is 10.5. The maximum Gasteiger partial charge on any atom is 0.253 e. The number of amides is 1. The Balaban J connectivity index is 0.00000338. The Morgan fingerprint density at radius 3 is 2.58 bits per heavy atom. The Morgan fingerprint density at radius 2 is 2.04 bits per heavy atom. The van der Waals surface area contributed by atoms with Gasteiger partial charge in [-0.15, -0.1) is 23.7 Å². The van der Waals surface area contributed by atoms with Crippen LogP contribution in [-0.4, -0.2) is 53.2 Å². The third-order valence-corrected chi connectivity index (χ3v) is 8.69. The van der Waals surface area contributed by atoms with Gasteiger partial charge < -0.3 is 10.6 Å². The molecule has 4 N–H and O–H groups in total. The molecule has 0 bridgehead atoms. The molecule has 0 aromatic carbocycles. The molecule has 13 heteroatoms. The van der Waals surface area contributed by atoms with Crippen LogP contribution in [0, 0.1) is 0 Å². The number of carbonyl (C=O) groups is 1. The van der Waals surface area contributed by atoms with Crippen molar-refractivity contribution in [3.8, 4) is 0 Å². The van der Waals surface area contributed by atoms with Crippen LogP contribution >= 0.6 is 23.7 Å². The summed E-state index contributed by atoms with van der Waals surface area (Å²) in [5, 5.41) is 10.9. The van der Waals surface area contributed by atoms with Crippen LogP contribution in [0.15, 0.2) is 14.5 Å². The van der Waals surface area contributed by atoms with Crippen molar-refractivity contribution in [2.24, 2.45) is 5.14 Å². The van der Waals surface area contributed by atoms with Crippen molar-refractivity contribution < 1.29 is 21.6 Å². The maximum absolute atomic E-state index is 12.8. The molecule has 1 aliphatic heterocycles. The minimum atomic E-state index is -3.99. The molecule has 0 fully saturated rings. The number of carbonyl (C=O) groups excluding carboxylic acids is 1. The van der Waals surface area contributed by atoms with Crippen LogP contribution in [0.1, 0.15) is 31.9 Å². The summed E-state index contributed by atoms with van der Waals surface area (Å²) in [5.41, 5.74) is 0.408. The Labute approximate surface area is 163 Å². The van der Waals surface area contributed by atoms with E-state index in [0.717, 1.165) is 0 Å². The van der Waals surface area contributed by atoms with Gasteiger partial charge in [-0.2, -0.15) is 4.31 Å². The Morgan fingerprint density at radius 1 is 1.38 bits per heavy atom. The lowest BCUT2D eigenvalue weighted by Gasteiger charge is -2.32. The summed E-state index contributed by atoms with van der Waals surface area (Å²) < 4.78 is 49.8. The van der Waals surface area contributed by atoms with Gasteiger partial charge >= 0.3 is 0 Å². The third kappa shape index (κ3) is 4.94. The number of hydrogen-bond acceptors (Lipinski definition) is 7. The van der Waals surface area contributed by atoms with Crippen LogP contribution in [0.3, 0.4) is 0 Å². The number of hydrogen-bond donors (Lipinski definition) is 3. The van der Waals surface area contributed by atoms with E-state index in [1.165, 1.54) is 10.4 Å². The number of rotatable bonds is 7. The maximum atomic E-state index is 12.8. The fourth-order valence-electron chi connectivity index (χ4n) is 2.61. The summed E-state index contributed by atoms with van der Waals surface area (Å²) in [6.45, 7) is 4.85. The van der Waals surface area contributed by atoms with Crippen LogP contribution in [0.5, 0.6) is 0 Å². The molecule has 26 heavy (non-hydrogen) atoms. The van der Waals surface area contributed by atoms with Crippen molar-refractivity contribution in [3.63, 3.8) is 0 Å². The van der Waals surface area contributed by atoms with E-state index in [-0.39, 0.29) is 52.3 Å². The van der Waals surface area contributed by atoms with E-state index in [4.69, 9.17) is 5.14 Å². The van der Waals surface area contributed by atoms with Gasteiger partial charge in [0.1, 0.15) is 8.42 Å². The first-order chi connectivity index (χ1) is 11.6. The zero-order chi connectivity index (χ0) is 18.8. The molecule has 1 aromatic heterocycles. The lowest BCUT2D eigenvalue weighted by molar-refractivity contribution is -0.121. The molecule has 0 radical (unpaired) electrons. The van der Waals surface area contributed by atoms with Crippen molar-refractivity contribution in [1.82, 2.24) is 14.9 Å². The van der Waals surface area contributed by atoms with Gasteiger partial charge in [-0.1, -0.05) is 6.92 Å². The standard InChI is InChI=1S/C13H22N4O5S3.ClH/c1-3-15-10-8-17(6-5-11(18)16-4-2)25(21,22)13-9(10)7-12(23-13)24(14,19)20;/h7,10,15H,3-6,8H2,1-2H3,(H,16,18)(H2,14,19,20);1H/t10-;/m0./s1. The Kier molecular flexibility index (Phi) is 8.02. The number of nitrogens with zero attached hydrogens (tertiary/aromatic N) is 1. The van der Waals surface area contributed by atoms with Crippen molar-refractivity contribution >= 4 is 49.7 Å². The van der Waals surface area contributed by atoms with Crippen LogP contribution in [-0.2, 0) is 24.8 Å². The number of halogens is 1. The zero-order valence-corrected chi connectivity index (χ0v) is 17.7. The largest absolute Gasteiger partial charge is 0.356 e. The quantitative estimate of drug-likeness (QED) is 0.538. The Bertz CT molecular complexity index is 853. The summed E-state index contributed by atoms with van der Waals surface area (Å²) in [6.07, 6.45) is 0.0364. The summed E-state index contributed by atoms with van der Waals surface area (Å²) in [4.78, 5) is 11.6. The minimum Gasteiger partial charge on any atom is -0.356 e. The predicted molar refractivity (Wildman–Crippen MR) is 101 cm³/mol. The molecule has 1 aliphatic rings. The Hall–Kier alpha value is -0.760. The molecule has 1 aromatic rings. The second-order valence-electron chi connectivity index (χ2n) is 5.53. The number of thiophene rings is 1. The number of likely N-dealkylation sites (N-methyl/N-ethyl adjacent to an activating group) is 1. The highest BCUT2D eigenvalue weighted by Gasteiger charge is 2.39. The lowest BCUT2D eigenvalue weighted by Crippen LogP contribution is -2.44. The van der Waals surface area contributed by atoms with Gasteiger partial charge in [0.15, 0.2) is 0 Å². The smallest absolute Gasteiger partial charge is 0.253 e. The fourth-order valence-corrected chi connectivity index (χ4v) is 6.88. The first-order valence-electron chi connectivity index (χ1n) is 7.78. The van der Waals surface area contributed by atoms with E-state index in [9.17, 15) is 21.6 Å². The van der Waals surface area contributed by atoms with Crippen molar-refractivity contribution in [1.29, 1.82) is 0 Å². The van der Waals surface area contributed by atoms with Gasteiger partial charge in [-0.05, 0) is 19.5 Å². The number of primary sulfonamides is 1. The summed E-state index contributed by atoms with van der Waals surface area (Å²) in [7, 11) is -7.86. The van der Waals surface area contributed by atoms with E-state index in [2.05, 4.69) is 10.6 Å². The zero-order valence-electron chi connectivity index (χ0n) is 14.4. The first-order valence-corrected chi connectivity index (χ1v) is 11.6. The van der Waals surface area contributed by atoms with E-state index >= 15 is 0 Å². The molecule has 2 heterocycles. The number of nitrogens with one attached hydrogen (secondary N) is 2. The van der Waals surface area contributed by atoms with E-state index in [0.29, 0.717) is 30.0 Å². The molecular formula is C13H23ClN4O5S3. The number of nitrogens with two attached hydrogens (primary N) is 1. The van der Waals surface area contributed by atoms with Gasteiger partial charge in [0, 0.05) is 37.7 Å². The molecule has 0 unspecified atom stereocenters. The van der Waals surface area contributed by atoms with Crippen LogP contribution in [0.25, 0.3) is 0 Å². The topological polar surface area (TPSA) is 139 Å². The summed E-state index contributed by atoms with van der Waals surface area (Å²) >= 11 is 0.644. The monoisotopic (exact) mass is 446 g/mol.